The molecule has 0 amide bonds. The average molecular weight is 192 g/mol. The number of hydrogen-bond acceptors (Lipinski definition) is 0. The molecule has 0 atom stereocenters. The van der Waals surface area contributed by atoms with Crippen LogP contribution in [0.2, 0.25) is 0 Å². The van der Waals surface area contributed by atoms with Gasteiger partial charge in [-0.3, -0.25) is 0 Å². The van der Waals surface area contributed by atoms with Crippen molar-refractivity contribution in [2.75, 3.05) is 0 Å². The number of rotatable bonds is 1. The molecule has 0 N–H and O–H groups in total. The normalized spacial score (nSPS) is 30.1. The summed E-state index contributed by atoms with van der Waals surface area (Å²) in [7, 11) is 0. The van der Waals surface area contributed by atoms with Gasteiger partial charge in [-0.15, -0.1) is 0 Å². The molecule has 1 fully saturated rings. The van der Waals surface area contributed by atoms with Gasteiger partial charge < -0.3 is 0 Å². The van der Waals surface area contributed by atoms with Crippen LogP contribution in [0.5, 0.6) is 0 Å². The van der Waals surface area contributed by atoms with E-state index in [0.29, 0.717) is 10.8 Å². The smallest absolute Gasteiger partial charge is 0.00956 e. The molecule has 0 aliphatic heterocycles. The molecule has 0 unspecified atom stereocenters. The monoisotopic (exact) mass is 192 g/mol. The topological polar surface area (TPSA) is 0 Å². The predicted octanol–water partition coefficient (Wildman–Crippen LogP) is 4.73. The Morgan fingerprint density at radius 1 is 1.07 bits per heavy atom. The van der Waals surface area contributed by atoms with Gasteiger partial charge in [0.25, 0.3) is 0 Å². The summed E-state index contributed by atoms with van der Waals surface area (Å²) < 4.78 is 0. The molecule has 80 valence electrons. The van der Waals surface area contributed by atoms with E-state index in [1.54, 1.807) is 11.1 Å². The summed E-state index contributed by atoms with van der Waals surface area (Å²) >= 11 is 0. The van der Waals surface area contributed by atoms with Gasteiger partial charge in [-0.05, 0) is 41.7 Å². The molecule has 0 aromatic rings. The highest BCUT2D eigenvalue weighted by Crippen LogP contribution is 2.55. The van der Waals surface area contributed by atoms with Crippen molar-refractivity contribution in [2.45, 2.75) is 54.4 Å². The Bertz CT molecular complexity index is 274. The van der Waals surface area contributed by atoms with E-state index in [1.807, 2.05) is 0 Å². The van der Waals surface area contributed by atoms with Crippen molar-refractivity contribution < 1.29 is 0 Å². The summed E-state index contributed by atoms with van der Waals surface area (Å²) in [4.78, 5) is 0. The maximum absolute atomic E-state index is 2.41. The highest BCUT2D eigenvalue weighted by molar-refractivity contribution is 5.45. The summed E-state index contributed by atoms with van der Waals surface area (Å²) in [5, 5.41) is 0. The van der Waals surface area contributed by atoms with Gasteiger partial charge in [-0.25, -0.2) is 0 Å². The zero-order valence-electron chi connectivity index (χ0n) is 10.6. The van der Waals surface area contributed by atoms with E-state index in [9.17, 15) is 0 Å². The Kier molecular flexibility index (Phi) is 2.94. The van der Waals surface area contributed by atoms with Crippen LogP contribution in [0.3, 0.4) is 0 Å². The molecule has 0 spiro atoms. The zero-order valence-corrected chi connectivity index (χ0v) is 10.6. The maximum atomic E-state index is 2.41. The minimum absolute atomic E-state index is 0.360. The van der Waals surface area contributed by atoms with Crippen molar-refractivity contribution in [2.24, 2.45) is 10.8 Å². The van der Waals surface area contributed by atoms with E-state index in [0.717, 1.165) is 6.42 Å². The molecule has 1 aliphatic rings. The molecule has 0 heterocycles. The SMILES string of the molecule is CC=C1/C(=C\CC)C(C)(C)CC1(C)C. The lowest BCUT2D eigenvalue weighted by molar-refractivity contribution is 0.338. The van der Waals surface area contributed by atoms with Crippen LogP contribution >= 0.6 is 0 Å². The van der Waals surface area contributed by atoms with Crippen LogP contribution in [0.15, 0.2) is 23.3 Å². The second kappa shape index (κ2) is 3.56. The first-order valence-corrected chi connectivity index (χ1v) is 5.73. The Morgan fingerprint density at radius 2 is 1.57 bits per heavy atom. The fourth-order valence-electron chi connectivity index (χ4n) is 3.16. The van der Waals surface area contributed by atoms with E-state index < -0.39 is 0 Å². The van der Waals surface area contributed by atoms with Gasteiger partial charge in [0, 0.05) is 0 Å². The Morgan fingerprint density at radius 3 is 2.00 bits per heavy atom. The first-order valence-electron chi connectivity index (χ1n) is 5.73. The lowest BCUT2D eigenvalue weighted by atomic mass is 9.83. The molecule has 1 rings (SSSR count). The van der Waals surface area contributed by atoms with Gasteiger partial charge in [0.2, 0.25) is 0 Å². The molecule has 1 saturated carbocycles. The lowest BCUT2D eigenvalue weighted by Crippen LogP contribution is -2.11. The molecule has 0 saturated heterocycles. The molecule has 0 nitrogen and oxygen atoms in total. The maximum Gasteiger partial charge on any atom is -0.00956 e. The summed E-state index contributed by atoms with van der Waals surface area (Å²) in [6.45, 7) is 13.9. The largest absolute Gasteiger partial charge is 0.0836 e. The van der Waals surface area contributed by atoms with Crippen LogP contribution < -0.4 is 0 Å². The lowest BCUT2D eigenvalue weighted by Gasteiger charge is -2.21. The molecule has 14 heavy (non-hydrogen) atoms. The third kappa shape index (κ3) is 1.80. The first kappa shape index (κ1) is 11.6. The van der Waals surface area contributed by atoms with E-state index in [4.69, 9.17) is 0 Å². The van der Waals surface area contributed by atoms with Gasteiger partial charge in [-0.1, -0.05) is 46.8 Å². The molecule has 1 aliphatic carbocycles. The second-order valence-corrected chi connectivity index (χ2v) is 5.67. The predicted molar refractivity (Wildman–Crippen MR) is 64.3 cm³/mol. The van der Waals surface area contributed by atoms with Gasteiger partial charge in [-0.2, -0.15) is 0 Å². The number of hydrogen-bond donors (Lipinski definition) is 0. The Balaban J connectivity index is 3.21. The van der Waals surface area contributed by atoms with Crippen LogP contribution in [0, 0.1) is 10.8 Å². The van der Waals surface area contributed by atoms with Crippen molar-refractivity contribution in [3.63, 3.8) is 0 Å². The summed E-state index contributed by atoms with van der Waals surface area (Å²) in [6, 6.07) is 0. The zero-order chi connectivity index (χ0) is 11.0. The van der Waals surface area contributed by atoms with Crippen molar-refractivity contribution in [3.05, 3.63) is 23.3 Å². The van der Waals surface area contributed by atoms with Crippen molar-refractivity contribution in [1.29, 1.82) is 0 Å². The summed E-state index contributed by atoms with van der Waals surface area (Å²) in [5.74, 6) is 0. The summed E-state index contributed by atoms with van der Waals surface area (Å²) in [6.07, 6.45) is 7.12. The van der Waals surface area contributed by atoms with Crippen LogP contribution in [0.1, 0.15) is 54.4 Å². The minimum atomic E-state index is 0.360. The quantitative estimate of drug-likeness (QED) is 0.563. The van der Waals surface area contributed by atoms with Gasteiger partial charge >= 0.3 is 0 Å². The molecule has 0 radical (unpaired) electrons. The van der Waals surface area contributed by atoms with Crippen LogP contribution in [0.4, 0.5) is 0 Å². The highest BCUT2D eigenvalue weighted by Gasteiger charge is 2.43. The Hall–Kier alpha value is -0.520. The van der Waals surface area contributed by atoms with Crippen LogP contribution in [-0.4, -0.2) is 0 Å². The van der Waals surface area contributed by atoms with Crippen molar-refractivity contribution in [3.8, 4) is 0 Å². The van der Waals surface area contributed by atoms with E-state index in [-0.39, 0.29) is 0 Å². The van der Waals surface area contributed by atoms with Crippen molar-refractivity contribution in [1.82, 2.24) is 0 Å². The molecule has 0 heteroatoms. The molecular formula is C14H24. The fraction of sp³-hybridized carbons (Fsp3) is 0.714. The molecule has 0 aromatic heterocycles. The van der Waals surface area contributed by atoms with E-state index in [2.05, 4.69) is 53.7 Å². The first-order chi connectivity index (χ1) is 6.35. The summed E-state index contributed by atoms with van der Waals surface area (Å²) in [5.41, 5.74) is 3.86. The molecular weight excluding hydrogens is 168 g/mol. The van der Waals surface area contributed by atoms with Gasteiger partial charge in [0.15, 0.2) is 0 Å². The number of allylic oxidation sites excluding steroid dienone is 4. The van der Waals surface area contributed by atoms with E-state index >= 15 is 0 Å². The molecule has 0 bridgehead atoms. The Labute approximate surface area is 89.1 Å². The van der Waals surface area contributed by atoms with Gasteiger partial charge in [0.1, 0.15) is 0 Å². The van der Waals surface area contributed by atoms with Gasteiger partial charge in [0.05, 0.1) is 0 Å². The van der Waals surface area contributed by atoms with Crippen molar-refractivity contribution >= 4 is 0 Å². The second-order valence-electron chi connectivity index (χ2n) is 5.67. The third-order valence-electron chi connectivity index (χ3n) is 3.33. The highest BCUT2D eigenvalue weighted by atomic mass is 14.5. The van der Waals surface area contributed by atoms with Crippen LogP contribution in [-0.2, 0) is 0 Å². The minimum Gasteiger partial charge on any atom is -0.0836 e. The van der Waals surface area contributed by atoms with Crippen LogP contribution in [0.25, 0.3) is 0 Å². The fourth-order valence-corrected chi connectivity index (χ4v) is 3.16. The standard InChI is InChI=1S/C14H24/c1-7-9-12-11(8-2)13(3,4)10-14(12,5)6/h8-9H,7,10H2,1-6H3/b11-8?,12-9+. The third-order valence-corrected chi connectivity index (χ3v) is 3.33. The average Bonchev–Trinajstić information content (AvgIpc) is 2.17. The van der Waals surface area contributed by atoms with E-state index in [1.165, 1.54) is 6.42 Å². The molecule has 0 aromatic carbocycles.